The Kier molecular flexibility index (Phi) is 5.70. The number of aromatic nitrogens is 4. The van der Waals surface area contributed by atoms with Crippen molar-refractivity contribution in [3.05, 3.63) is 53.1 Å². The Morgan fingerprint density at radius 2 is 2.15 bits per heavy atom. The number of nitrogens with zero attached hydrogens (tertiary/aromatic N) is 4. The van der Waals surface area contributed by atoms with Gasteiger partial charge in [-0.25, -0.2) is 0 Å². The molecule has 2 aromatic heterocycles. The molecule has 0 aliphatic carbocycles. The van der Waals surface area contributed by atoms with Gasteiger partial charge in [-0.3, -0.25) is 4.68 Å². The van der Waals surface area contributed by atoms with Crippen molar-refractivity contribution in [1.29, 1.82) is 0 Å². The van der Waals surface area contributed by atoms with E-state index < -0.39 is 0 Å². The molecule has 0 radical (unpaired) electrons. The molecule has 138 valence electrons. The Labute approximate surface area is 158 Å². The van der Waals surface area contributed by atoms with Gasteiger partial charge in [0.05, 0.1) is 31.5 Å². The summed E-state index contributed by atoms with van der Waals surface area (Å²) in [5.74, 6) is 1.16. The number of morpholine rings is 1. The highest BCUT2D eigenvalue weighted by Crippen LogP contribution is 2.22. The number of hydrogen-bond donors (Lipinski definition) is 1. The molecule has 1 aromatic carbocycles. The molecule has 0 spiro atoms. The Morgan fingerprint density at radius 1 is 1.27 bits per heavy atom. The van der Waals surface area contributed by atoms with E-state index in [1.54, 1.807) is 0 Å². The van der Waals surface area contributed by atoms with Gasteiger partial charge in [-0.2, -0.15) is 10.1 Å². The maximum absolute atomic E-state index is 5.46. The van der Waals surface area contributed by atoms with Crippen LogP contribution in [0.25, 0.3) is 11.5 Å². The molecule has 1 N–H and O–H groups in total. The Bertz CT molecular complexity index is 870. The van der Waals surface area contributed by atoms with E-state index in [0.717, 1.165) is 35.7 Å². The van der Waals surface area contributed by atoms with Crippen molar-refractivity contribution in [2.45, 2.75) is 26.4 Å². The van der Waals surface area contributed by atoms with Crippen molar-refractivity contribution >= 4 is 12.4 Å². The van der Waals surface area contributed by atoms with E-state index >= 15 is 0 Å². The van der Waals surface area contributed by atoms with E-state index in [1.165, 1.54) is 0 Å². The first-order valence-electron chi connectivity index (χ1n) is 8.44. The predicted octanol–water partition coefficient (Wildman–Crippen LogP) is 2.68. The zero-order valence-corrected chi connectivity index (χ0v) is 15.6. The van der Waals surface area contributed by atoms with Gasteiger partial charge in [-0.15, -0.1) is 12.4 Å². The lowest BCUT2D eigenvalue weighted by Crippen LogP contribution is -2.35. The molecule has 1 saturated heterocycles. The number of nitrogens with one attached hydrogen (secondary N) is 1. The Hall–Kier alpha value is -2.22. The summed E-state index contributed by atoms with van der Waals surface area (Å²) in [6, 6.07) is 10.2. The number of ether oxygens (including phenoxy) is 1. The van der Waals surface area contributed by atoms with E-state index in [1.807, 2.05) is 23.7 Å². The number of rotatable bonds is 4. The molecular weight excluding hydrogens is 354 g/mol. The van der Waals surface area contributed by atoms with Crippen molar-refractivity contribution in [2.24, 2.45) is 0 Å². The highest BCUT2D eigenvalue weighted by molar-refractivity contribution is 5.85. The summed E-state index contributed by atoms with van der Waals surface area (Å²) in [6.45, 7) is 6.86. The van der Waals surface area contributed by atoms with Gasteiger partial charge in [-0.1, -0.05) is 17.3 Å². The fourth-order valence-electron chi connectivity index (χ4n) is 3.04. The molecule has 3 aromatic rings. The maximum atomic E-state index is 5.46. The van der Waals surface area contributed by atoms with E-state index in [-0.39, 0.29) is 18.4 Å². The molecule has 1 fully saturated rings. The largest absolute Gasteiger partial charge is 0.378 e. The van der Waals surface area contributed by atoms with Crippen LogP contribution in [-0.2, 0) is 11.3 Å². The second kappa shape index (κ2) is 7.99. The molecule has 1 atom stereocenters. The fraction of sp³-hybridized carbons (Fsp3) is 0.389. The average molecular weight is 376 g/mol. The lowest BCUT2D eigenvalue weighted by molar-refractivity contribution is 0.0734. The SMILES string of the molecule is Cc1cc(C)n(Cc2cccc(-c3nc(C4COCCN4)no3)c2)n1.Cl. The molecule has 0 saturated carbocycles. The monoisotopic (exact) mass is 375 g/mol. The molecule has 8 heteroatoms. The minimum absolute atomic E-state index is 0. The van der Waals surface area contributed by atoms with Crippen molar-refractivity contribution in [1.82, 2.24) is 25.2 Å². The van der Waals surface area contributed by atoms with Gasteiger partial charge in [0, 0.05) is 17.8 Å². The summed E-state index contributed by atoms with van der Waals surface area (Å²) >= 11 is 0. The van der Waals surface area contributed by atoms with Crippen LogP contribution >= 0.6 is 12.4 Å². The van der Waals surface area contributed by atoms with Crippen LogP contribution in [0.5, 0.6) is 0 Å². The molecule has 4 rings (SSSR count). The molecule has 0 bridgehead atoms. The highest BCUT2D eigenvalue weighted by Gasteiger charge is 2.21. The highest BCUT2D eigenvalue weighted by atomic mass is 35.5. The number of hydrogen-bond acceptors (Lipinski definition) is 6. The molecule has 1 aliphatic heterocycles. The van der Waals surface area contributed by atoms with Crippen LogP contribution in [-0.4, -0.2) is 39.7 Å². The first kappa shape index (κ1) is 18.6. The van der Waals surface area contributed by atoms with E-state index in [4.69, 9.17) is 9.26 Å². The van der Waals surface area contributed by atoms with Crippen LogP contribution in [0, 0.1) is 13.8 Å². The van der Waals surface area contributed by atoms with Gasteiger partial charge in [0.1, 0.15) is 0 Å². The zero-order chi connectivity index (χ0) is 17.2. The van der Waals surface area contributed by atoms with Crippen LogP contribution in [0.3, 0.4) is 0 Å². The summed E-state index contributed by atoms with van der Waals surface area (Å²) in [5.41, 5.74) is 4.22. The van der Waals surface area contributed by atoms with E-state index in [9.17, 15) is 0 Å². The standard InChI is InChI=1S/C18H21N5O2.ClH/c1-12-8-13(2)23(21-12)10-14-4-3-5-15(9-14)18-20-17(22-25-18)16-11-24-7-6-19-16;/h3-5,8-9,16,19H,6-7,10-11H2,1-2H3;1H. The van der Waals surface area contributed by atoms with Crippen molar-refractivity contribution in [2.75, 3.05) is 19.8 Å². The first-order chi connectivity index (χ1) is 12.2. The summed E-state index contributed by atoms with van der Waals surface area (Å²) < 4.78 is 12.9. The molecule has 7 nitrogen and oxygen atoms in total. The van der Waals surface area contributed by atoms with Crippen molar-refractivity contribution in [3.63, 3.8) is 0 Å². The van der Waals surface area contributed by atoms with Gasteiger partial charge in [0.15, 0.2) is 5.82 Å². The Balaban J connectivity index is 0.00000196. The van der Waals surface area contributed by atoms with Gasteiger partial charge >= 0.3 is 0 Å². The van der Waals surface area contributed by atoms with Crippen molar-refractivity contribution < 1.29 is 9.26 Å². The van der Waals surface area contributed by atoms with E-state index in [0.29, 0.717) is 24.9 Å². The summed E-state index contributed by atoms with van der Waals surface area (Å²) in [7, 11) is 0. The van der Waals surface area contributed by atoms with Crippen molar-refractivity contribution in [3.8, 4) is 11.5 Å². The third kappa shape index (κ3) is 3.95. The fourth-order valence-corrected chi connectivity index (χ4v) is 3.04. The van der Waals surface area contributed by atoms with Gasteiger partial charge in [-0.05, 0) is 37.6 Å². The smallest absolute Gasteiger partial charge is 0.257 e. The second-order valence-electron chi connectivity index (χ2n) is 6.32. The molecular formula is C18H22ClN5O2. The molecule has 0 amide bonds. The summed E-state index contributed by atoms with van der Waals surface area (Å²) in [6.07, 6.45) is 0. The quantitative estimate of drug-likeness (QED) is 0.755. The van der Waals surface area contributed by atoms with Crippen LogP contribution < -0.4 is 5.32 Å². The lowest BCUT2D eigenvalue weighted by atomic mass is 10.1. The minimum Gasteiger partial charge on any atom is -0.378 e. The number of aryl methyl sites for hydroxylation is 2. The Morgan fingerprint density at radius 3 is 2.88 bits per heavy atom. The van der Waals surface area contributed by atoms with Crippen LogP contribution in [0.2, 0.25) is 0 Å². The van der Waals surface area contributed by atoms with Crippen LogP contribution in [0.4, 0.5) is 0 Å². The average Bonchev–Trinajstić information content (AvgIpc) is 3.23. The zero-order valence-electron chi connectivity index (χ0n) is 14.8. The molecule has 1 aliphatic rings. The first-order valence-corrected chi connectivity index (χ1v) is 8.44. The van der Waals surface area contributed by atoms with Gasteiger partial charge in [0.25, 0.3) is 5.89 Å². The third-order valence-electron chi connectivity index (χ3n) is 4.28. The van der Waals surface area contributed by atoms with Crippen LogP contribution in [0.15, 0.2) is 34.9 Å². The number of benzene rings is 1. The predicted molar refractivity (Wildman–Crippen MR) is 99.3 cm³/mol. The minimum atomic E-state index is -0.0101. The molecule has 3 heterocycles. The summed E-state index contributed by atoms with van der Waals surface area (Å²) in [4.78, 5) is 4.53. The van der Waals surface area contributed by atoms with Crippen LogP contribution in [0.1, 0.15) is 28.8 Å². The number of halogens is 1. The third-order valence-corrected chi connectivity index (χ3v) is 4.28. The topological polar surface area (TPSA) is 78.0 Å². The summed E-state index contributed by atoms with van der Waals surface area (Å²) in [5, 5.41) is 11.9. The lowest BCUT2D eigenvalue weighted by Gasteiger charge is -2.20. The second-order valence-corrected chi connectivity index (χ2v) is 6.32. The molecule has 1 unspecified atom stereocenters. The molecule has 26 heavy (non-hydrogen) atoms. The van der Waals surface area contributed by atoms with Gasteiger partial charge in [0.2, 0.25) is 0 Å². The van der Waals surface area contributed by atoms with Gasteiger partial charge < -0.3 is 14.6 Å². The maximum Gasteiger partial charge on any atom is 0.257 e. The van der Waals surface area contributed by atoms with E-state index in [2.05, 4.69) is 45.7 Å². The normalized spacial score (nSPS) is 17.1.